The van der Waals surface area contributed by atoms with Crippen LogP contribution in [-0.2, 0) is 6.42 Å². The number of halogens is 1. The van der Waals surface area contributed by atoms with Gasteiger partial charge in [0.15, 0.2) is 0 Å². The summed E-state index contributed by atoms with van der Waals surface area (Å²) in [6.45, 7) is 0. The first-order valence-electron chi connectivity index (χ1n) is 8.68. The minimum Gasteiger partial charge on any atom is -0.308 e. The molecule has 26 heavy (non-hydrogen) atoms. The second kappa shape index (κ2) is 5.32. The van der Waals surface area contributed by atoms with Gasteiger partial charge in [0.1, 0.15) is 0 Å². The Kier molecular flexibility index (Phi) is 3.02. The van der Waals surface area contributed by atoms with Gasteiger partial charge in [0, 0.05) is 30.8 Å². The van der Waals surface area contributed by atoms with E-state index in [0.29, 0.717) is 0 Å². The maximum Gasteiger partial charge on any atom is 0.0647 e. The summed E-state index contributed by atoms with van der Waals surface area (Å²) in [6.07, 6.45) is 0.987. The summed E-state index contributed by atoms with van der Waals surface area (Å²) in [4.78, 5) is 0. The summed E-state index contributed by atoms with van der Waals surface area (Å²) < 4.78 is 4.94. The second-order valence-corrected chi connectivity index (χ2v) is 8.57. The first-order valence-corrected chi connectivity index (χ1v) is 10.4. The molecule has 0 fully saturated rings. The lowest BCUT2D eigenvalue weighted by atomic mass is 10.1. The molecule has 6 aromatic rings. The Morgan fingerprint density at radius 3 is 2.62 bits per heavy atom. The summed E-state index contributed by atoms with van der Waals surface area (Å²) in [5.41, 5.74) is 6.52. The van der Waals surface area contributed by atoms with Gasteiger partial charge in [-0.3, -0.25) is 0 Å². The van der Waals surface area contributed by atoms with Crippen LogP contribution in [0.5, 0.6) is 0 Å². The van der Waals surface area contributed by atoms with Crippen molar-refractivity contribution in [1.29, 1.82) is 0 Å². The largest absolute Gasteiger partial charge is 0.308 e. The Bertz CT molecular complexity index is 1350. The van der Waals surface area contributed by atoms with Crippen molar-refractivity contribution in [3.05, 3.63) is 87.7 Å². The van der Waals surface area contributed by atoms with Gasteiger partial charge < -0.3 is 4.57 Å². The number of hydrogen-bond donors (Lipinski definition) is 0. The molecule has 3 heteroatoms. The van der Waals surface area contributed by atoms with Gasteiger partial charge in [-0.25, -0.2) is 0 Å². The Morgan fingerprint density at radius 2 is 1.73 bits per heavy atom. The van der Waals surface area contributed by atoms with Crippen LogP contribution in [0, 0.1) is 0 Å². The van der Waals surface area contributed by atoms with Crippen molar-refractivity contribution in [3.63, 3.8) is 0 Å². The monoisotopic (exact) mass is 415 g/mol. The highest BCUT2D eigenvalue weighted by molar-refractivity contribution is 9.10. The van der Waals surface area contributed by atoms with E-state index in [4.69, 9.17) is 0 Å². The van der Waals surface area contributed by atoms with Crippen molar-refractivity contribution in [2.45, 2.75) is 6.42 Å². The minimum absolute atomic E-state index is 0.987. The topological polar surface area (TPSA) is 4.93 Å². The molecule has 3 heterocycles. The molecule has 3 aromatic heterocycles. The van der Waals surface area contributed by atoms with Crippen LogP contribution in [0.3, 0.4) is 0 Å². The van der Waals surface area contributed by atoms with Gasteiger partial charge in [-0.05, 0) is 59.3 Å². The smallest absolute Gasteiger partial charge is 0.0647 e. The number of benzene rings is 3. The van der Waals surface area contributed by atoms with Crippen molar-refractivity contribution in [3.8, 4) is 5.69 Å². The molecule has 0 amide bonds. The number of rotatable bonds is 1. The van der Waals surface area contributed by atoms with Gasteiger partial charge in [-0.15, -0.1) is 11.3 Å². The number of nitrogens with zero attached hydrogens (tertiary/aromatic N) is 1. The van der Waals surface area contributed by atoms with Crippen molar-refractivity contribution in [2.75, 3.05) is 0 Å². The van der Waals surface area contributed by atoms with Crippen LogP contribution in [0.2, 0.25) is 0 Å². The van der Waals surface area contributed by atoms with Gasteiger partial charge in [-0.1, -0.05) is 46.3 Å². The van der Waals surface area contributed by atoms with E-state index in [2.05, 4.69) is 92.6 Å². The quantitative estimate of drug-likeness (QED) is 0.267. The molecule has 0 unspecified atom stereocenters. The minimum atomic E-state index is 0.987. The molecule has 3 aromatic carbocycles. The van der Waals surface area contributed by atoms with E-state index >= 15 is 0 Å². The maximum absolute atomic E-state index is 3.77. The molecular weight excluding hydrogens is 402 g/mol. The van der Waals surface area contributed by atoms with E-state index in [1.54, 1.807) is 0 Å². The summed E-state index contributed by atoms with van der Waals surface area (Å²) in [7, 11) is 0. The predicted octanol–water partition coefficient (Wildman–Crippen LogP) is 7.23. The molecule has 0 radical (unpaired) electrons. The van der Waals surface area contributed by atoms with Crippen molar-refractivity contribution in [2.24, 2.45) is 0 Å². The fraction of sp³-hybridized carbons (Fsp3) is 0.0435. The molecule has 0 spiro atoms. The third-order valence-corrected chi connectivity index (χ3v) is 7.10. The zero-order valence-electron chi connectivity index (χ0n) is 13.9. The maximum atomic E-state index is 3.77. The van der Waals surface area contributed by atoms with E-state index in [9.17, 15) is 0 Å². The summed E-state index contributed by atoms with van der Waals surface area (Å²) in [6, 6.07) is 24.5. The van der Waals surface area contributed by atoms with E-state index in [0.717, 1.165) is 6.42 Å². The molecule has 1 nitrogen and oxygen atoms in total. The number of hydrogen-bond acceptors (Lipinski definition) is 1. The van der Waals surface area contributed by atoms with E-state index in [-0.39, 0.29) is 0 Å². The van der Waals surface area contributed by atoms with Crippen LogP contribution >= 0.6 is 27.3 Å². The first kappa shape index (κ1) is 14.8. The molecule has 0 atom stereocenters. The Hall–Kier alpha value is -2.36. The van der Waals surface area contributed by atoms with Crippen LogP contribution in [0.4, 0.5) is 0 Å². The third kappa shape index (κ3) is 1.96. The van der Waals surface area contributed by atoms with Crippen LogP contribution < -0.4 is 0 Å². The molecule has 124 valence electrons. The zero-order valence-corrected chi connectivity index (χ0v) is 16.3. The fourth-order valence-electron chi connectivity index (χ4n) is 4.13. The average Bonchev–Trinajstić information content (AvgIpc) is 3.31. The summed E-state index contributed by atoms with van der Waals surface area (Å²) >= 11 is 5.58. The number of aromatic nitrogens is 1. The highest BCUT2D eigenvalue weighted by Crippen LogP contribution is 2.38. The molecule has 7 rings (SSSR count). The van der Waals surface area contributed by atoms with Gasteiger partial charge >= 0.3 is 0 Å². The molecule has 0 saturated carbocycles. The van der Waals surface area contributed by atoms with Crippen molar-refractivity contribution >= 4 is 59.2 Å². The van der Waals surface area contributed by atoms with Crippen molar-refractivity contribution in [1.82, 2.24) is 4.57 Å². The molecule has 1 aliphatic rings. The average molecular weight is 416 g/mol. The van der Waals surface area contributed by atoms with Gasteiger partial charge in [0.05, 0.1) is 11.2 Å². The molecule has 4 bridgehead atoms. The van der Waals surface area contributed by atoms with Gasteiger partial charge in [-0.2, -0.15) is 0 Å². The normalized spacial score (nSPS) is 12.7. The van der Waals surface area contributed by atoms with Crippen molar-refractivity contribution < 1.29 is 0 Å². The van der Waals surface area contributed by atoms with Gasteiger partial charge in [0.2, 0.25) is 0 Å². The van der Waals surface area contributed by atoms with Crippen LogP contribution in [0.25, 0.3) is 37.6 Å². The number of fused-ring (bicyclic) bond motifs is 3. The number of thiophene rings is 1. The Balaban J connectivity index is 1.89. The fourth-order valence-corrected chi connectivity index (χ4v) is 5.55. The SMILES string of the molecule is Brc1ccc2c3cc(c4ccc(cc4)n2-c2csc4ccccc24)Cc13. The highest BCUT2D eigenvalue weighted by Gasteiger charge is 2.17. The van der Waals surface area contributed by atoms with Crippen LogP contribution in [0.1, 0.15) is 11.1 Å². The standard InChI is InChI=1S/C23H14BrNS/c24-20-9-10-21-19-12-15(11-18(19)20)14-5-7-16(8-6-14)25(21)22-13-26-23-4-2-1-3-17(22)23/h1-10,12-13H,11H2. The predicted molar refractivity (Wildman–Crippen MR) is 115 cm³/mol. The summed E-state index contributed by atoms with van der Waals surface area (Å²) in [5, 5.41) is 6.25. The molecule has 1 aliphatic carbocycles. The van der Waals surface area contributed by atoms with E-state index in [1.165, 1.54) is 53.2 Å². The Labute approximate surface area is 163 Å². The zero-order chi connectivity index (χ0) is 17.3. The molecule has 0 saturated heterocycles. The summed E-state index contributed by atoms with van der Waals surface area (Å²) in [5.74, 6) is 0. The lowest BCUT2D eigenvalue weighted by Gasteiger charge is -2.13. The molecule has 0 aliphatic heterocycles. The lowest BCUT2D eigenvalue weighted by molar-refractivity contribution is 1.18. The van der Waals surface area contributed by atoms with Gasteiger partial charge in [0.25, 0.3) is 0 Å². The third-order valence-electron chi connectivity index (χ3n) is 5.40. The van der Waals surface area contributed by atoms with E-state index in [1.807, 2.05) is 11.3 Å². The van der Waals surface area contributed by atoms with Crippen LogP contribution in [0.15, 0.2) is 76.6 Å². The highest BCUT2D eigenvalue weighted by atomic mass is 79.9. The first-order chi connectivity index (χ1) is 12.8. The Morgan fingerprint density at radius 1 is 0.885 bits per heavy atom. The molecular formula is C23H14BrNS. The van der Waals surface area contributed by atoms with E-state index < -0.39 is 0 Å². The van der Waals surface area contributed by atoms with Crippen LogP contribution in [-0.4, -0.2) is 4.57 Å². The molecule has 0 N–H and O–H groups in total. The second-order valence-electron chi connectivity index (χ2n) is 6.80. The lowest BCUT2D eigenvalue weighted by Crippen LogP contribution is -1.97.